The van der Waals surface area contributed by atoms with Gasteiger partial charge in [0.2, 0.25) is 0 Å². The van der Waals surface area contributed by atoms with Gasteiger partial charge in [-0.1, -0.05) is 27.7 Å². The van der Waals surface area contributed by atoms with Crippen molar-refractivity contribution in [3.63, 3.8) is 0 Å². The van der Waals surface area contributed by atoms with E-state index in [2.05, 4.69) is 13.8 Å². The molecule has 4 heteroatoms. The zero-order valence-corrected chi connectivity index (χ0v) is 10.3. The first-order valence-corrected chi connectivity index (χ1v) is 5.31. The predicted octanol–water partition coefficient (Wildman–Crippen LogP) is 2.54. The lowest BCUT2D eigenvalue weighted by molar-refractivity contribution is -0.135. The van der Waals surface area contributed by atoms with Gasteiger partial charge < -0.3 is 10.2 Å². The Labute approximate surface area is 96.0 Å². The number of carboxylic acid groups (broad SMARTS) is 2. The van der Waals surface area contributed by atoms with Crippen LogP contribution in [0.15, 0.2) is 11.6 Å². The minimum absolute atomic E-state index is 0.0434. The average Bonchev–Trinajstić information content (AvgIpc) is 1.98. The fraction of sp³-hybridized carbons (Fsp3) is 0.667. The van der Waals surface area contributed by atoms with Crippen LogP contribution in [0, 0.1) is 11.3 Å². The van der Waals surface area contributed by atoms with Gasteiger partial charge in [0.25, 0.3) is 0 Å². The smallest absolute Gasteiger partial charge is 0.331 e. The molecule has 0 spiro atoms. The van der Waals surface area contributed by atoms with Crippen molar-refractivity contribution in [2.45, 2.75) is 40.5 Å². The maximum absolute atomic E-state index is 10.9. The van der Waals surface area contributed by atoms with Crippen LogP contribution in [0.4, 0.5) is 0 Å². The lowest BCUT2D eigenvalue weighted by Gasteiger charge is -2.26. The van der Waals surface area contributed by atoms with E-state index in [1.165, 1.54) is 0 Å². The maximum Gasteiger partial charge on any atom is 0.331 e. The van der Waals surface area contributed by atoms with Crippen molar-refractivity contribution in [3.05, 3.63) is 11.6 Å². The number of hydrogen-bond donors (Lipinski definition) is 2. The van der Waals surface area contributed by atoms with E-state index >= 15 is 0 Å². The molecule has 0 atom stereocenters. The second kappa shape index (κ2) is 5.68. The molecule has 2 N–H and O–H groups in total. The molecular weight excluding hydrogens is 208 g/mol. The molecule has 0 bridgehead atoms. The molecular formula is C12H20O4. The van der Waals surface area contributed by atoms with Crippen LogP contribution in [0.2, 0.25) is 0 Å². The molecule has 0 saturated heterocycles. The van der Waals surface area contributed by atoms with Crippen LogP contribution in [0.5, 0.6) is 0 Å². The first-order chi connectivity index (χ1) is 7.14. The summed E-state index contributed by atoms with van der Waals surface area (Å²) >= 11 is 0. The van der Waals surface area contributed by atoms with Gasteiger partial charge in [0.1, 0.15) is 0 Å². The largest absolute Gasteiger partial charge is 0.478 e. The Morgan fingerprint density at radius 1 is 1.25 bits per heavy atom. The van der Waals surface area contributed by atoms with Crippen LogP contribution >= 0.6 is 0 Å². The molecule has 0 aromatic rings. The number of carboxylic acids is 2. The topological polar surface area (TPSA) is 74.6 Å². The first-order valence-electron chi connectivity index (χ1n) is 5.31. The van der Waals surface area contributed by atoms with E-state index in [1.54, 1.807) is 0 Å². The molecule has 4 nitrogen and oxygen atoms in total. The zero-order chi connectivity index (χ0) is 12.9. The van der Waals surface area contributed by atoms with Gasteiger partial charge in [-0.2, -0.15) is 0 Å². The highest BCUT2D eigenvalue weighted by atomic mass is 16.4. The van der Waals surface area contributed by atoms with E-state index in [9.17, 15) is 9.59 Å². The Morgan fingerprint density at radius 3 is 2.06 bits per heavy atom. The summed E-state index contributed by atoms with van der Waals surface area (Å²) in [5, 5.41) is 17.5. The summed E-state index contributed by atoms with van der Waals surface area (Å²) in [4.78, 5) is 21.3. The fourth-order valence-electron chi connectivity index (χ4n) is 2.03. The predicted molar refractivity (Wildman–Crippen MR) is 61.2 cm³/mol. The van der Waals surface area contributed by atoms with Crippen LogP contribution in [0.1, 0.15) is 40.5 Å². The van der Waals surface area contributed by atoms with Gasteiger partial charge in [0.15, 0.2) is 0 Å². The van der Waals surface area contributed by atoms with Crippen LogP contribution in [0.25, 0.3) is 0 Å². The SMILES string of the molecule is CC(C)CC(C)(C)C/C(=C/C(=O)O)C(=O)O. The van der Waals surface area contributed by atoms with Crippen LogP contribution in [-0.4, -0.2) is 22.2 Å². The van der Waals surface area contributed by atoms with Crippen molar-refractivity contribution in [3.8, 4) is 0 Å². The molecule has 0 aliphatic carbocycles. The van der Waals surface area contributed by atoms with Gasteiger partial charge >= 0.3 is 11.9 Å². The molecule has 92 valence electrons. The van der Waals surface area contributed by atoms with Gasteiger partial charge in [-0.05, 0) is 24.2 Å². The third kappa shape index (κ3) is 6.22. The molecule has 0 aliphatic heterocycles. The van der Waals surface area contributed by atoms with Crippen molar-refractivity contribution in [1.29, 1.82) is 0 Å². The highest BCUT2D eigenvalue weighted by molar-refractivity contribution is 5.94. The number of rotatable bonds is 6. The first kappa shape index (κ1) is 14.7. The monoisotopic (exact) mass is 228 g/mol. The van der Waals surface area contributed by atoms with E-state index in [0.29, 0.717) is 5.92 Å². The Morgan fingerprint density at radius 2 is 1.75 bits per heavy atom. The summed E-state index contributed by atoms with van der Waals surface area (Å²) in [6.45, 7) is 8.02. The third-order valence-corrected chi connectivity index (χ3v) is 2.20. The fourth-order valence-corrected chi connectivity index (χ4v) is 2.03. The second-order valence-electron chi connectivity index (χ2n) is 5.25. The van der Waals surface area contributed by atoms with Crippen LogP contribution < -0.4 is 0 Å². The van der Waals surface area contributed by atoms with Crippen molar-refractivity contribution in [2.75, 3.05) is 0 Å². The lowest BCUT2D eigenvalue weighted by atomic mass is 9.78. The van der Waals surface area contributed by atoms with Crippen molar-refractivity contribution in [1.82, 2.24) is 0 Å². The Bertz CT molecular complexity index is 300. The van der Waals surface area contributed by atoms with E-state index in [4.69, 9.17) is 10.2 Å². The summed E-state index contributed by atoms with van der Waals surface area (Å²) in [6, 6.07) is 0. The zero-order valence-electron chi connectivity index (χ0n) is 10.3. The van der Waals surface area contributed by atoms with Gasteiger partial charge in [-0.25, -0.2) is 9.59 Å². The highest BCUT2D eigenvalue weighted by Gasteiger charge is 2.24. The molecule has 0 amide bonds. The van der Waals surface area contributed by atoms with Crippen molar-refractivity contribution < 1.29 is 19.8 Å². The minimum atomic E-state index is -1.21. The third-order valence-electron chi connectivity index (χ3n) is 2.20. The standard InChI is InChI=1S/C12H20O4/c1-8(2)6-12(3,4)7-9(11(15)16)5-10(13)14/h5,8H,6-7H2,1-4H3,(H,13,14)(H,15,16)/b9-5-. The Hall–Kier alpha value is -1.32. The van der Waals surface area contributed by atoms with E-state index < -0.39 is 11.9 Å². The molecule has 0 radical (unpaired) electrons. The molecule has 0 rings (SSSR count). The normalized spacial score (nSPS) is 12.9. The molecule has 0 aromatic heterocycles. The second-order valence-corrected chi connectivity index (χ2v) is 5.25. The quantitative estimate of drug-likeness (QED) is 0.685. The minimum Gasteiger partial charge on any atom is -0.478 e. The highest BCUT2D eigenvalue weighted by Crippen LogP contribution is 2.32. The van der Waals surface area contributed by atoms with Gasteiger partial charge in [0.05, 0.1) is 0 Å². The summed E-state index contributed by atoms with van der Waals surface area (Å²) in [5.41, 5.74) is -0.244. The summed E-state index contributed by atoms with van der Waals surface area (Å²) in [6.07, 6.45) is 1.91. The summed E-state index contributed by atoms with van der Waals surface area (Å²) in [7, 11) is 0. The number of aliphatic carboxylic acids is 2. The maximum atomic E-state index is 10.9. The van der Waals surface area contributed by atoms with Crippen molar-refractivity contribution in [2.24, 2.45) is 11.3 Å². The van der Waals surface area contributed by atoms with Gasteiger partial charge in [-0.15, -0.1) is 0 Å². The van der Waals surface area contributed by atoms with E-state index in [0.717, 1.165) is 12.5 Å². The molecule has 0 fully saturated rings. The molecule has 16 heavy (non-hydrogen) atoms. The van der Waals surface area contributed by atoms with Gasteiger partial charge in [-0.3, -0.25) is 0 Å². The van der Waals surface area contributed by atoms with Crippen LogP contribution in [-0.2, 0) is 9.59 Å². The molecule has 0 heterocycles. The van der Waals surface area contributed by atoms with Gasteiger partial charge in [0, 0.05) is 11.6 Å². The Kier molecular flexibility index (Phi) is 5.21. The molecule has 0 aliphatic rings. The summed E-state index contributed by atoms with van der Waals surface area (Å²) < 4.78 is 0. The molecule has 0 saturated carbocycles. The lowest BCUT2D eigenvalue weighted by Crippen LogP contribution is -2.19. The molecule has 0 unspecified atom stereocenters. The average molecular weight is 228 g/mol. The van der Waals surface area contributed by atoms with E-state index in [-0.39, 0.29) is 17.4 Å². The molecule has 0 aromatic carbocycles. The number of carbonyl (C=O) groups is 2. The summed E-state index contributed by atoms with van der Waals surface area (Å²) in [5.74, 6) is -1.91. The van der Waals surface area contributed by atoms with Crippen molar-refractivity contribution >= 4 is 11.9 Å². The Balaban J connectivity index is 4.76. The van der Waals surface area contributed by atoms with E-state index in [1.807, 2.05) is 13.8 Å². The number of hydrogen-bond acceptors (Lipinski definition) is 2. The van der Waals surface area contributed by atoms with Crippen LogP contribution in [0.3, 0.4) is 0 Å².